The van der Waals surface area contributed by atoms with E-state index in [-0.39, 0.29) is 0 Å². The minimum absolute atomic E-state index is 0.372. The van der Waals surface area contributed by atoms with Crippen molar-refractivity contribution in [1.29, 1.82) is 0 Å². The van der Waals surface area contributed by atoms with Crippen molar-refractivity contribution in [2.24, 2.45) is 4.99 Å². The summed E-state index contributed by atoms with van der Waals surface area (Å²) in [5.41, 5.74) is 0.372. The van der Waals surface area contributed by atoms with E-state index in [1.807, 2.05) is 6.92 Å². The Labute approximate surface area is 74.4 Å². The molecule has 0 saturated carbocycles. The largest absolute Gasteiger partial charge is 0.400 e. The molecule has 0 heterocycles. The topological polar surface area (TPSA) is 47.9 Å². The smallest absolute Gasteiger partial charge is 0.323 e. The second kappa shape index (κ2) is 7.18. The Morgan fingerprint density at radius 3 is 2.50 bits per heavy atom. The maximum Gasteiger partial charge on any atom is 0.323 e. The normalized spacial score (nSPS) is 12.7. The minimum atomic E-state index is -1.52. The van der Waals surface area contributed by atoms with E-state index in [2.05, 4.69) is 4.99 Å². The SMILES string of the molecule is CO[SiH](OC)C(C)CCN=C=O. The lowest BCUT2D eigenvalue weighted by molar-refractivity contribution is 0.265. The van der Waals surface area contributed by atoms with E-state index >= 15 is 0 Å². The van der Waals surface area contributed by atoms with Gasteiger partial charge in [-0.05, 0) is 12.0 Å². The Hall–Kier alpha value is -0.483. The van der Waals surface area contributed by atoms with Crippen LogP contribution in [-0.4, -0.2) is 36.1 Å². The van der Waals surface area contributed by atoms with E-state index in [4.69, 9.17) is 8.85 Å². The molecule has 0 aliphatic rings. The highest BCUT2D eigenvalue weighted by molar-refractivity contribution is 6.46. The Bertz CT molecular complexity index is 155. The fraction of sp³-hybridized carbons (Fsp3) is 0.857. The molecule has 0 aromatic heterocycles. The van der Waals surface area contributed by atoms with E-state index in [1.54, 1.807) is 14.2 Å². The quantitative estimate of drug-likeness (QED) is 0.349. The van der Waals surface area contributed by atoms with Crippen LogP contribution in [0.1, 0.15) is 13.3 Å². The molecule has 0 spiro atoms. The molecular formula is C7H15NO3Si. The summed E-state index contributed by atoms with van der Waals surface area (Å²) in [6, 6.07) is 0. The molecule has 12 heavy (non-hydrogen) atoms. The van der Waals surface area contributed by atoms with Crippen molar-refractivity contribution in [3.63, 3.8) is 0 Å². The third-order valence-corrected chi connectivity index (χ3v) is 3.88. The van der Waals surface area contributed by atoms with Crippen LogP contribution >= 0.6 is 0 Å². The maximum absolute atomic E-state index is 9.75. The third-order valence-electron chi connectivity index (χ3n) is 1.69. The van der Waals surface area contributed by atoms with Crippen LogP contribution < -0.4 is 0 Å². The standard InChI is InChI=1S/C7H15NO3Si/c1-7(4-5-8-6-9)12(10-2)11-3/h7,12H,4-5H2,1-3H3. The molecule has 4 nitrogen and oxygen atoms in total. The summed E-state index contributed by atoms with van der Waals surface area (Å²) in [6.45, 7) is 2.56. The van der Waals surface area contributed by atoms with Gasteiger partial charge in [-0.25, -0.2) is 9.79 Å². The van der Waals surface area contributed by atoms with Crippen LogP contribution in [0.25, 0.3) is 0 Å². The van der Waals surface area contributed by atoms with E-state index in [9.17, 15) is 4.79 Å². The zero-order valence-corrected chi connectivity index (χ0v) is 8.90. The van der Waals surface area contributed by atoms with Gasteiger partial charge in [0.1, 0.15) is 0 Å². The van der Waals surface area contributed by atoms with Crippen molar-refractivity contribution in [1.82, 2.24) is 0 Å². The average molecular weight is 189 g/mol. The highest BCUT2D eigenvalue weighted by Gasteiger charge is 2.18. The molecule has 0 amide bonds. The first-order valence-electron chi connectivity index (χ1n) is 3.85. The summed E-state index contributed by atoms with van der Waals surface area (Å²) in [5.74, 6) is 0. The van der Waals surface area contributed by atoms with Gasteiger partial charge in [0.05, 0.1) is 6.54 Å². The Kier molecular flexibility index (Phi) is 6.89. The van der Waals surface area contributed by atoms with E-state index in [1.165, 1.54) is 6.08 Å². The zero-order valence-electron chi connectivity index (χ0n) is 7.74. The van der Waals surface area contributed by atoms with Gasteiger partial charge in [0, 0.05) is 14.2 Å². The molecule has 5 heteroatoms. The molecule has 0 fully saturated rings. The Morgan fingerprint density at radius 2 is 2.08 bits per heavy atom. The first-order valence-corrected chi connectivity index (χ1v) is 5.46. The second-order valence-electron chi connectivity index (χ2n) is 2.58. The molecule has 1 atom stereocenters. The van der Waals surface area contributed by atoms with Crippen LogP contribution in [0.3, 0.4) is 0 Å². The van der Waals surface area contributed by atoms with Gasteiger partial charge in [-0.2, -0.15) is 0 Å². The van der Waals surface area contributed by atoms with E-state index in [0.717, 1.165) is 6.42 Å². The molecule has 0 radical (unpaired) electrons. The Balaban J connectivity index is 3.67. The number of carbonyl (C=O) groups excluding carboxylic acids is 1. The summed E-state index contributed by atoms with van der Waals surface area (Å²) in [4.78, 5) is 13.2. The lowest BCUT2D eigenvalue weighted by atomic mass is 10.3. The number of hydrogen-bond donors (Lipinski definition) is 0. The molecule has 70 valence electrons. The zero-order chi connectivity index (χ0) is 9.40. The van der Waals surface area contributed by atoms with E-state index in [0.29, 0.717) is 12.1 Å². The monoisotopic (exact) mass is 189 g/mol. The molecule has 1 unspecified atom stereocenters. The third kappa shape index (κ3) is 4.41. The molecule has 0 bridgehead atoms. The molecule has 0 aromatic carbocycles. The fourth-order valence-corrected chi connectivity index (χ4v) is 2.55. The van der Waals surface area contributed by atoms with Crippen LogP contribution in [0, 0.1) is 0 Å². The minimum Gasteiger partial charge on any atom is -0.400 e. The first-order chi connectivity index (χ1) is 5.76. The van der Waals surface area contributed by atoms with Crippen molar-refractivity contribution in [3.05, 3.63) is 0 Å². The summed E-state index contributed by atoms with van der Waals surface area (Å²) in [5, 5.41) is 0. The second-order valence-corrected chi connectivity index (χ2v) is 5.40. The number of nitrogens with zero attached hydrogens (tertiary/aromatic N) is 1. The highest BCUT2D eigenvalue weighted by Crippen LogP contribution is 2.14. The van der Waals surface area contributed by atoms with Gasteiger partial charge in [0.2, 0.25) is 6.08 Å². The summed E-state index contributed by atoms with van der Waals surface area (Å²) in [7, 11) is 1.79. The average Bonchev–Trinajstić information content (AvgIpc) is 2.07. The van der Waals surface area contributed by atoms with Crippen LogP contribution in [0.4, 0.5) is 0 Å². The van der Waals surface area contributed by atoms with Crippen LogP contribution in [0.15, 0.2) is 4.99 Å². The van der Waals surface area contributed by atoms with Gasteiger partial charge in [0.15, 0.2) is 0 Å². The van der Waals surface area contributed by atoms with E-state index < -0.39 is 9.28 Å². The number of isocyanates is 1. The fourth-order valence-electron chi connectivity index (χ4n) is 1.01. The molecule has 0 saturated heterocycles. The first kappa shape index (κ1) is 11.5. The van der Waals surface area contributed by atoms with Crippen LogP contribution in [-0.2, 0) is 13.6 Å². The molecule has 0 aliphatic carbocycles. The summed E-state index contributed by atoms with van der Waals surface area (Å²) >= 11 is 0. The lowest BCUT2D eigenvalue weighted by Gasteiger charge is -2.17. The molecule has 0 aliphatic heterocycles. The van der Waals surface area contributed by atoms with Crippen LogP contribution in [0.2, 0.25) is 5.54 Å². The molecule has 0 aromatic rings. The van der Waals surface area contributed by atoms with Crippen molar-refractivity contribution in [3.8, 4) is 0 Å². The van der Waals surface area contributed by atoms with Gasteiger partial charge in [-0.1, -0.05) is 6.92 Å². The van der Waals surface area contributed by atoms with Crippen molar-refractivity contribution < 1.29 is 13.6 Å². The van der Waals surface area contributed by atoms with Gasteiger partial charge in [0.25, 0.3) is 0 Å². The predicted octanol–water partition coefficient (Wildman–Crippen LogP) is 0.616. The van der Waals surface area contributed by atoms with Crippen LogP contribution in [0.5, 0.6) is 0 Å². The van der Waals surface area contributed by atoms with Gasteiger partial charge < -0.3 is 8.85 Å². The van der Waals surface area contributed by atoms with Gasteiger partial charge >= 0.3 is 9.28 Å². The number of rotatable bonds is 6. The maximum atomic E-state index is 9.75. The predicted molar refractivity (Wildman–Crippen MR) is 48.2 cm³/mol. The highest BCUT2D eigenvalue weighted by atomic mass is 28.3. The van der Waals surface area contributed by atoms with Gasteiger partial charge in [-0.3, -0.25) is 0 Å². The van der Waals surface area contributed by atoms with Crippen molar-refractivity contribution in [2.45, 2.75) is 18.9 Å². The lowest BCUT2D eigenvalue weighted by Crippen LogP contribution is -2.24. The van der Waals surface area contributed by atoms with Crippen molar-refractivity contribution in [2.75, 3.05) is 20.8 Å². The number of hydrogen-bond acceptors (Lipinski definition) is 4. The molecular weight excluding hydrogens is 174 g/mol. The van der Waals surface area contributed by atoms with Crippen molar-refractivity contribution >= 4 is 15.4 Å². The summed E-state index contributed by atoms with van der Waals surface area (Å²) in [6.07, 6.45) is 2.33. The molecule has 0 rings (SSSR count). The summed E-state index contributed by atoms with van der Waals surface area (Å²) < 4.78 is 10.3. The molecule has 0 N–H and O–H groups in total. The van der Waals surface area contributed by atoms with Gasteiger partial charge in [-0.15, -0.1) is 0 Å². The Morgan fingerprint density at radius 1 is 1.50 bits per heavy atom. The number of aliphatic imine (C=N–C) groups is 1.